The molecule has 1 aliphatic heterocycles. The van der Waals surface area contributed by atoms with Crippen molar-refractivity contribution in [1.82, 2.24) is 9.80 Å². The second-order valence-corrected chi connectivity index (χ2v) is 14.1. The molecule has 1 aromatic rings. The molecule has 0 spiro atoms. The standard InChI is InChI=1S/C26H30ClN3O9S/c1-29(2)20-14-8-11-7-13-17(15(31)9-12(19(13)27)10-30-3-5-40(38,39)6-4-30)21(32)16(11)23(34)26(14,37)24(35)18(22(20)33)25(28)36/h9,11,14,16,18,20,31,37H,3-8,10H2,1-2H3,(H2,28,36)/t11-,14-,16?,18?,20-,26-/m0/s1. The van der Waals surface area contributed by atoms with Crippen molar-refractivity contribution in [2.45, 2.75) is 31.0 Å². The van der Waals surface area contributed by atoms with Crippen LogP contribution in [0, 0.1) is 23.7 Å². The molecule has 12 nitrogen and oxygen atoms in total. The Morgan fingerprint density at radius 1 is 1.18 bits per heavy atom. The van der Waals surface area contributed by atoms with E-state index in [1.807, 2.05) is 4.90 Å². The number of aliphatic hydroxyl groups is 1. The van der Waals surface area contributed by atoms with Crippen LogP contribution in [0.2, 0.25) is 5.02 Å². The number of benzene rings is 1. The number of primary amides is 1. The van der Waals surface area contributed by atoms with Crippen molar-refractivity contribution in [2.75, 3.05) is 38.7 Å². The van der Waals surface area contributed by atoms with Gasteiger partial charge in [0.15, 0.2) is 44.5 Å². The predicted octanol–water partition coefficient (Wildman–Crippen LogP) is -1.25. The third kappa shape index (κ3) is 4.21. The highest BCUT2D eigenvalue weighted by atomic mass is 35.5. The van der Waals surface area contributed by atoms with E-state index in [9.17, 15) is 42.6 Å². The van der Waals surface area contributed by atoms with Crippen molar-refractivity contribution in [3.63, 3.8) is 0 Å². The maximum atomic E-state index is 13.8. The molecule has 40 heavy (non-hydrogen) atoms. The van der Waals surface area contributed by atoms with Gasteiger partial charge in [0.2, 0.25) is 5.91 Å². The molecule has 2 saturated carbocycles. The third-order valence-electron chi connectivity index (χ3n) is 8.90. The van der Waals surface area contributed by atoms with Crippen LogP contribution in [0.15, 0.2) is 6.07 Å². The zero-order valence-electron chi connectivity index (χ0n) is 21.9. The van der Waals surface area contributed by atoms with E-state index in [0.717, 1.165) is 0 Å². The number of amides is 1. The molecule has 4 N–H and O–H groups in total. The van der Waals surface area contributed by atoms with Crippen LogP contribution in [0.4, 0.5) is 0 Å². The van der Waals surface area contributed by atoms with Gasteiger partial charge in [-0.05, 0) is 50.0 Å². The second-order valence-electron chi connectivity index (χ2n) is 11.4. The Balaban J connectivity index is 1.54. The number of hydrogen-bond acceptors (Lipinski definition) is 11. The van der Waals surface area contributed by atoms with Crippen molar-refractivity contribution >= 4 is 50.5 Å². The first-order valence-corrected chi connectivity index (χ1v) is 15.1. The summed E-state index contributed by atoms with van der Waals surface area (Å²) in [6.07, 6.45) is -0.0182. The fraction of sp³-hybridized carbons (Fsp3) is 0.577. The Kier molecular flexibility index (Phi) is 6.98. The number of hydrogen-bond donors (Lipinski definition) is 3. The monoisotopic (exact) mass is 595 g/mol. The summed E-state index contributed by atoms with van der Waals surface area (Å²) in [7, 11) is -0.0750. The maximum Gasteiger partial charge on any atom is 0.235 e. The van der Waals surface area contributed by atoms with E-state index in [1.165, 1.54) is 25.1 Å². The lowest BCUT2D eigenvalue weighted by atomic mass is 9.52. The number of phenolic OH excluding ortho intramolecular Hbond substituents is 1. The lowest BCUT2D eigenvalue weighted by Crippen LogP contribution is -2.74. The van der Waals surface area contributed by atoms with Crippen molar-refractivity contribution in [3.05, 3.63) is 27.8 Å². The summed E-state index contributed by atoms with van der Waals surface area (Å²) in [6.45, 7) is 0.809. The van der Waals surface area contributed by atoms with Gasteiger partial charge in [-0.25, -0.2) is 8.42 Å². The van der Waals surface area contributed by atoms with Crippen molar-refractivity contribution in [3.8, 4) is 5.75 Å². The van der Waals surface area contributed by atoms with Crippen molar-refractivity contribution < 1.29 is 42.6 Å². The number of ketones is 4. The van der Waals surface area contributed by atoms with E-state index < -0.39 is 79.9 Å². The summed E-state index contributed by atoms with van der Waals surface area (Å²) in [5.74, 6) is -11.3. The fourth-order valence-corrected chi connectivity index (χ4v) is 8.53. The number of sulfone groups is 1. The molecule has 3 aliphatic carbocycles. The molecule has 1 saturated heterocycles. The lowest BCUT2D eigenvalue weighted by Gasteiger charge is -2.52. The molecule has 3 fully saturated rings. The molecule has 0 radical (unpaired) electrons. The minimum Gasteiger partial charge on any atom is -0.507 e. The van der Waals surface area contributed by atoms with Crippen molar-refractivity contribution in [1.29, 1.82) is 0 Å². The number of rotatable bonds is 4. The first-order valence-electron chi connectivity index (χ1n) is 12.9. The normalized spacial score (nSPS) is 33.9. The quantitative estimate of drug-likeness (QED) is 0.352. The first-order chi connectivity index (χ1) is 18.6. The summed E-state index contributed by atoms with van der Waals surface area (Å²) in [6, 6.07) is 0.121. The molecule has 14 heteroatoms. The van der Waals surface area contributed by atoms with Gasteiger partial charge in [0.05, 0.1) is 29.0 Å². The van der Waals surface area contributed by atoms with Crippen LogP contribution in [0.25, 0.3) is 0 Å². The molecule has 216 valence electrons. The van der Waals surface area contributed by atoms with Gasteiger partial charge in [-0.1, -0.05) is 11.6 Å². The van der Waals surface area contributed by atoms with E-state index >= 15 is 0 Å². The molecule has 1 heterocycles. The summed E-state index contributed by atoms with van der Waals surface area (Å²) in [5.41, 5.74) is 3.16. The second kappa shape index (κ2) is 9.69. The van der Waals surface area contributed by atoms with E-state index in [2.05, 4.69) is 0 Å². The molecule has 6 atom stereocenters. The Morgan fingerprint density at radius 3 is 2.38 bits per heavy atom. The minimum atomic E-state index is -3.11. The average molecular weight is 596 g/mol. The maximum absolute atomic E-state index is 13.8. The van der Waals surface area contributed by atoms with Crippen LogP contribution >= 0.6 is 11.6 Å². The topological polar surface area (TPSA) is 192 Å². The van der Waals surface area contributed by atoms with Gasteiger partial charge in [0.1, 0.15) is 5.75 Å². The van der Waals surface area contributed by atoms with Crippen LogP contribution < -0.4 is 5.73 Å². The summed E-state index contributed by atoms with van der Waals surface area (Å²) >= 11 is 6.74. The van der Waals surface area contributed by atoms with E-state index in [0.29, 0.717) is 11.1 Å². The Labute approximate surface area is 235 Å². The lowest BCUT2D eigenvalue weighted by molar-refractivity contribution is -0.181. The number of phenols is 1. The van der Waals surface area contributed by atoms with Crippen LogP contribution in [0.3, 0.4) is 0 Å². The average Bonchev–Trinajstić information content (AvgIpc) is 2.85. The Bertz CT molecular complexity index is 1460. The van der Waals surface area contributed by atoms with E-state index in [1.54, 1.807) is 0 Å². The van der Waals surface area contributed by atoms with E-state index in [-0.39, 0.29) is 54.6 Å². The third-order valence-corrected chi connectivity index (χ3v) is 11.0. The highest BCUT2D eigenvalue weighted by molar-refractivity contribution is 7.91. The predicted molar refractivity (Wildman–Crippen MR) is 140 cm³/mol. The molecule has 1 amide bonds. The number of fused-ring (bicyclic) bond motifs is 3. The van der Waals surface area contributed by atoms with E-state index in [4.69, 9.17) is 17.3 Å². The van der Waals surface area contributed by atoms with Crippen LogP contribution in [0.5, 0.6) is 5.75 Å². The number of halogens is 1. The number of carbonyl (C=O) groups excluding carboxylic acids is 5. The molecule has 0 bridgehead atoms. The molecule has 4 aliphatic rings. The zero-order chi connectivity index (χ0) is 29.5. The van der Waals surface area contributed by atoms with Crippen LogP contribution in [-0.2, 0) is 42.0 Å². The largest absolute Gasteiger partial charge is 0.507 e. The number of Topliss-reactive ketones (excluding diaryl/α,β-unsaturated/α-hetero) is 4. The van der Waals surface area contributed by atoms with Gasteiger partial charge < -0.3 is 15.9 Å². The summed E-state index contributed by atoms with van der Waals surface area (Å²) < 4.78 is 23.6. The van der Waals surface area contributed by atoms with Crippen LogP contribution in [-0.4, -0.2) is 108 Å². The molecule has 2 unspecified atom stereocenters. The molecular formula is C26H30ClN3O9S. The van der Waals surface area contributed by atoms with Gasteiger partial charge in [-0.2, -0.15) is 0 Å². The number of likely N-dealkylation sites (N-methyl/N-ethyl adjacent to an activating group) is 1. The minimum absolute atomic E-state index is 0.00269. The van der Waals surface area contributed by atoms with Gasteiger partial charge >= 0.3 is 0 Å². The van der Waals surface area contributed by atoms with Gasteiger partial charge in [0.25, 0.3) is 0 Å². The SMILES string of the molecule is CN(C)[C@@H]1C(=O)C(C(N)=O)C(=O)[C@@]2(O)C(=O)C3C(=O)c4c(O)cc(CN5CCS(=O)(=O)CC5)c(Cl)c4C[C@H]3C[C@@H]12. The van der Waals surface area contributed by atoms with Gasteiger partial charge in [0, 0.05) is 30.6 Å². The van der Waals surface area contributed by atoms with Gasteiger partial charge in [-0.15, -0.1) is 0 Å². The number of aromatic hydroxyl groups is 1. The first kappa shape index (κ1) is 28.8. The highest BCUT2D eigenvalue weighted by Crippen LogP contribution is 2.51. The molecule has 1 aromatic carbocycles. The summed E-state index contributed by atoms with van der Waals surface area (Å²) in [5, 5.41) is 22.7. The molecular weight excluding hydrogens is 566 g/mol. The zero-order valence-corrected chi connectivity index (χ0v) is 23.5. The fourth-order valence-electron chi connectivity index (χ4n) is 6.97. The molecule has 0 aromatic heterocycles. The molecule has 5 rings (SSSR count). The van der Waals surface area contributed by atoms with Crippen molar-refractivity contribution in [2.24, 2.45) is 29.4 Å². The summed E-state index contributed by atoms with van der Waals surface area (Å²) in [4.78, 5) is 69.4. The Hall–Kier alpha value is -2.71. The highest BCUT2D eigenvalue weighted by Gasteiger charge is 2.69. The number of carbonyl (C=O) groups is 5. The van der Waals surface area contributed by atoms with Gasteiger partial charge in [-0.3, -0.25) is 33.8 Å². The number of nitrogens with two attached hydrogens (primary N) is 1. The Morgan fingerprint density at radius 2 is 1.80 bits per heavy atom. The van der Waals surface area contributed by atoms with Crippen LogP contribution in [0.1, 0.15) is 27.9 Å². The number of nitrogens with zero attached hydrogens (tertiary/aromatic N) is 2. The smallest absolute Gasteiger partial charge is 0.235 e.